The first kappa shape index (κ1) is 17.5. The van der Waals surface area contributed by atoms with E-state index in [4.69, 9.17) is 4.74 Å². The van der Waals surface area contributed by atoms with Gasteiger partial charge in [0.1, 0.15) is 5.82 Å². The fourth-order valence-corrected chi connectivity index (χ4v) is 2.24. The molecule has 134 valence electrons. The van der Waals surface area contributed by atoms with Crippen LogP contribution in [0, 0.1) is 11.6 Å². The number of halogens is 2. The Bertz CT molecular complexity index is 927. The number of nitrogens with one attached hydrogen (secondary N) is 1. The van der Waals surface area contributed by atoms with Crippen molar-refractivity contribution in [2.45, 2.75) is 20.0 Å². The lowest BCUT2D eigenvalue weighted by molar-refractivity contribution is 0.0950. The molecule has 0 unspecified atom stereocenters. The van der Waals surface area contributed by atoms with Gasteiger partial charge in [-0.3, -0.25) is 9.48 Å². The summed E-state index contributed by atoms with van der Waals surface area (Å²) in [6.07, 6.45) is 4.60. The zero-order valence-corrected chi connectivity index (χ0v) is 13.9. The third-order valence-electron chi connectivity index (χ3n) is 3.61. The standard InChI is InChI=1S/C18H16F2N4O2/c1-2-24-11-13(10-23-24)17(25)22-9-12-4-3-7-21-18(12)26-16-6-5-14(19)8-15(16)20/h3-8,10-11H,2,9H2,1H3,(H,22,25). The van der Waals surface area contributed by atoms with Crippen LogP contribution in [0.2, 0.25) is 0 Å². The van der Waals surface area contributed by atoms with Crippen molar-refractivity contribution in [3.8, 4) is 11.6 Å². The fourth-order valence-electron chi connectivity index (χ4n) is 2.24. The van der Waals surface area contributed by atoms with Crippen molar-refractivity contribution in [3.63, 3.8) is 0 Å². The summed E-state index contributed by atoms with van der Waals surface area (Å²) in [4.78, 5) is 16.2. The summed E-state index contributed by atoms with van der Waals surface area (Å²) >= 11 is 0. The molecule has 26 heavy (non-hydrogen) atoms. The highest BCUT2D eigenvalue weighted by atomic mass is 19.1. The lowest BCUT2D eigenvalue weighted by atomic mass is 10.2. The summed E-state index contributed by atoms with van der Waals surface area (Å²) in [5.41, 5.74) is 0.982. The topological polar surface area (TPSA) is 69.0 Å². The number of rotatable bonds is 6. The highest BCUT2D eigenvalue weighted by Gasteiger charge is 2.13. The van der Waals surface area contributed by atoms with Crippen molar-refractivity contribution in [2.24, 2.45) is 0 Å². The van der Waals surface area contributed by atoms with Crippen molar-refractivity contribution < 1.29 is 18.3 Å². The molecule has 6 nitrogen and oxygen atoms in total. The normalized spacial score (nSPS) is 10.6. The Morgan fingerprint density at radius 1 is 1.31 bits per heavy atom. The van der Waals surface area contributed by atoms with E-state index in [2.05, 4.69) is 15.4 Å². The number of nitrogens with zero attached hydrogens (tertiary/aromatic N) is 3. The number of pyridine rings is 1. The van der Waals surface area contributed by atoms with Gasteiger partial charge in [-0.1, -0.05) is 6.07 Å². The summed E-state index contributed by atoms with van der Waals surface area (Å²) in [5.74, 6) is -1.86. The predicted molar refractivity (Wildman–Crippen MR) is 89.7 cm³/mol. The average molecular weight is 358 g/mol. The molecule has 1 N–H and O–H groups in total. The second-order valence-electron chi connectivity index (χ2n) is 5.41. The van der Waals surface area contributed by atoms with Crippen LogP contribution in [0.4, 0.5) is 8.78 Å². The SMILES string of the molecule is CCn1cc(C(=O)NCc2cccnc2Oc2ccc(F)cc2F)cn1. The second kappa shape index (κ2) is 7.73. The van der Waals surface area contributed by atoms with Crippen LogP contribution in [0.25, 0.3) is 0 Å². The minimum Gasteiger partial charge on any atom is -0.436 e. The molecule has 0 aliphatic rings. The first-order valence-electron chi connectivity index (χ1n) is 7.94. The van der Waals surface area contributed by atoms with E-state index in [1.54, 1.807) is 23.0 Å². The maximum absolute atomic E-state index is 13.8. The van der Waals surface area contributed by atoms with Gasteiger partial charge in [-0.05, 0) is 25.1 Å². The van der Waals surface area contributed by atoms with E-state index in [-0.39, 0.29) is 24.1 Å². The van der Waals surface area contributed by atoms with Crippen LogP contribution in [0.5, 0.6) is 11.6 Å². The molecule has 2 heterocycles. The maximum atomic E-state index is 13.8. The third kappa shape index (κ3) is 4.02. The van der Waals surface area contributed by atoms with Gasteiger partial charge in [0.15, 0.2) is 11.6 Å². The molecule has 0 saturated carbocycles. The molecule has 0 radical (unpaired) electrons. The summed E-state index contributed by atoms with van der Waals surface area (Å²) in [7, 11) is 0. The van der Waals surface area contributed by atoms with Crippen molar-refractivity contribution >= 4 is 5.91 Å². The third-order valence-corrected chi connectivity index (χ3v) is 3.61. The van der Waals surface area contributed by atoms with Gasteiger partial charge in [-0.15, -0.1) is 0 Å². The monoisotopic (exact) mass is 358 g/mol. The molecule has 0 fully saturated rings. The molecule has 0 aliphatic carbocycles. The van der Waals surface area contributed by atoms with Crippen molar-refractivity contribution in [2.75, 3.05) is 0 Å². The zero-order valence-electron chi connectivity index (χ0n) is 13.9. The van der Waals surface area contributed by atoms with Gasteiger partial charge in [-0.25, -0.2) is 13.8 Å². The Labute approximate surface area is 148 Å². The van der Waals surface area contributed by atoms with Gasteiger partial charge < -0.3 is 10.1 Å². The first-order valence-corrected chi connectivity index (χ1v) is 7.94. The number of aryl methyl sites for hydroxylation is 1. The maximum Gasteiger partial charge on any atom is 0.254 e. The van der Waals surface area contributed by atoms with Crippen molar-refractivity contribution in [3.05, 3.63) is 71.7 Å². The van der Waals surface area contributed by atoms with Gasteiger partial charge in [-0.2, -0.15) is 5.10 Å². The van der Waals surface area contributed by atoms with Crippen LogP contribution >= 0.6 is 0 Å². The fraction of sp³-hybridized carbons (Fsp3) is 0.167. The van der Waals surface area contributed by atoms with Crippen LogP contribution < -0.4 is 10.1 Å². The quantitative estimate of drug-likeness (QED) is 0.734. The average Bonchev–Trinajstić information content (AvgIpc) is 3.12. The van der Waals surface area contributed by atoms with Crippen molar-refractivity contribution in [1.29, 1.82) is 0 Å². The van der Waals surface area contributed by atoms with Gasteiger partial charge in [0.05, 0.1) is 11.8 Å². The van der Waals surface area contributed by atoms with Crippen LogP contribution in [0.3, 0.4) is 0 Å². The molecule has 0 aliphatic heterocycles. The van der Waals surface area contributed by atoms with Crippen LogP contribution in [0.15, 0.2) is 48.9 Å². The summed E-state index contributed by atoms with van der Waals surface area (Å²) in [6.45, 7) is 2.71. The summed E-state index contributed by atoms with van der Waals surface area (Å²) < 4.78 is 33.8. The van der Waals surface area contributed by atoms with E-state index in [0.717, 1.165) is 12.1 Å². The van der Waals surface area contributed by atoms with Crippen LogP contribution in [-0.2, 0) is 13.1 Å². The van der Waals surface area contributed by atoms with E-state index in [0.29, 0.717) is 17.7 Å². The van der Waals surface area contributed by atoms with E-state index >= 15 is 0 Å². The highest BCUT2D eigenvalue weighted by molar-refractivity contribution is 5.93. The molecule has 1 amide bonds. The van der Waals surface area contributed by atoms with Crippen LogP contribution in [-0.4, -0.2) is 20.7 Å². The number of carbonyl (C=O) groups is 1. The predicted octanol–water partition coefficient (Wildman–Crippen LogP) is 3.30. The van der Waals surface area contributed by atoms with Gasteiger partial charge in [0.25, 0.3) is 5.91 Å². The van der Waals surface area contributed by atoms with Crippen molar-refractivity contribution in [1.82, 2.24) is 20.1 Å². The Hall–Kier alpha value is -3.29. The van der Waals surface area contributed by atoms with E-state index in [9.17, 15) is 13.6 Å². The van der Waals surface area contributed by atoms with Gasteiger partial charge in [0, 0.05) is 37.1 Å². The molecule has 0 atom stereocenters. The molecule has 2 aromatic heterocycles. The molecule has 1 aromatic carbocycles. The van der Waals surface area contributed by atoms with E-state index in [1.807, 2.05) is 6.92 Å². The number of benzene rings is 1. The Morgan fingerprint density at radius 2 is 2.15 bits per heavy atom. The number of amides is 1. The second-order valence-corrected chi connectivity index (χ2v) is 5.41. The van der Waals surface area contributed by atoms with E-state index in [1.165, 1.54) is 18.5 Å². The lowest BCUT2D eigenvalue weighted by Crippen LogP contribution is -2.22. The zero-order chi connectivity index (χ0) is 18.5. The first-order chi connectivity index (χ1) is 12.6. The number of hydrogen-bond acceptors (Lipinski definition) is 4. The molecule has 3 aromatic rings. The Morgan fingerprint density at radius 3 is 2.88 bits per heavy atom. The molecule has 0 bridgehead atoms. The Balaban J connectivity index is 1.71. The number of carbonyl (C=O) groups excluding carboxylic acids is 1. The van der Waals surface area contributed by atoms with Gasteiger partial charge >= 0.3 is 0 Å². The smallest absolute Gasteiger partial charge is 0.254 e. The van der Waals surface area contributed by atoms with E-state index < -0.39 is 11.6 Å². The largest absolute Gasteiger partial charge is 0.436 e. The minimum absolute atomic E-state index is 0.127. The molecule has 0 saturated heterocycles. The molecule has 3 rings (SSSR count). The van der Waals surface area contributed by atoms with Crippen LogP contribution in [0.1, 0.15) is 22.8 Å². The molecule has 0 spiro atoms. The lowest BCUT2D eigenvalue weighted by Gasteiger charge is -2.11. The van der Waals surface area contributed by atoms with Gasteiger partial charge in [0.2, 0.25) is 5.88 Å². The molecular weight excluding hydrogens is 342 g/mol. The number of aromatic nitrogens is 3. The Kier molecular flexibility index (Phi) is 5.21. The number of hydrogen-bond donors (Lipinski definition) is 1. The highest BCUT2D eigenvalue weighted by Crippen LogP contribution is 2.26. The molecule has 8 heteroatoms. The summed E-state index contributed by atoms with van der Waals surface area (Å²) in [5, 5.41) is 6.78. The number of ether oxygens (including phenoxy) is 1. The molecular formula is C18H16F2N4O2. The minimum atomic E-state index is -0.836. The summed E-state index contributed by atoms with van der Waals surface area (Å²) in [6, 6.07) is 6.37.